The van der Waals surface area contributed by atoms with E-state index in [1.165, 1.54) is 0 Å². The van der Waals surface area contributed by atoms with Crippen molar-refractivity contribution < 1.29 is 9.00 Å². The molecule has 3 N–H and O–H groups in total. The molecule has 0 aromatic rings. The van der Waals surface area contributed by atoms with Crippen LogP contribution in [0.2, 0.25) is 0 Å². The topological polar surface area (TPSA) is 72.2 Å². The van der Waals surface area contributed by atoms with Crippen molar-refractivity contribution in [3.8, 4) is 0 Å². The second kappa shape index (κ2) is 5.96. The van der Waals surface area contributed by atoms with Gasteiger partial charge in [-0.05, 0) is 38.1 Å². The van der Waals surface area contributed by atoms with E-state index in [-0.39, 0.29) is 17.9 Å². The van der Waals surface area contributed by atoms with E-state index >= 15 is 0 Å². The zero-order valence-electron chi connectivity index (χ0n) is 10.2. The number of amides is 1. The fraction of sp³-hybridized carbons (Fsp3) is 0.917. The lowest BCUT2D eigenvalue weighted by atomic mass is 9.95. The summed E-state index contributed by atoms with van der Waals surface area (Å²) >= 11 is 0. The van der Waals surface area contributed by atoms with Crippen molar-refractivity contribution in [2.75, 3.05) is 18.1 Å². The van der Waals surface area contributed by atoms with Crippen LogP contribution in [0.15, 0.2) is 0 Å². The highest BCUT2D eigenvalue weighted by molar-refractivity contribution is 7.85. The summed E-state index contributed by atoms with van der Waals surface area (Å²) in [5, 5.41) is 3.12. The summed E-state index contributed by atoms with van der Waals surface area (Å²) in [6, 6.07) is 0.235. The van der Waals surface area contributed by atoms with Crippen LogP contribution in [-0.4, -0.2) is 34.2 Å². The van der Waals surface area contributed by atoms with Crippen molar-refractivity contribution in [3.05, 3.63) is 0 Å². The van der Waals surface area contributed by atoms with E-state index in [0.717, 1.165) is 43.6 Å². The van der Waals surface area contributed by atoms with Gasteiger partial charge in [-0.15, -0.1) is 0 Å². The molecule has 5 heteroatoms. The third-order valence-corrected chi connectivity index (χ3v) is 5.42. The summed E-state index contributed by atoms with van der Waals surface area (Å²) < 4.78 is 11.2. The smallest absolute Gasteiger partial charge is 0.223 e. The highest BCUT2D eigenvalue weighted by Gasteiger charge is 2.33. The average molecular weight is 258 g/mol. The van der Waals surface area contributed by atoms with Crippen LogP contribution in [0.25, 0.3) is 0 Å². The number of hydrogen-bond donors (Lipinski definition) is 2. The Hall–Kier alpha value is -0.420. The standard InChI is InChI=1S/C12H22N2O2S/c13-8-9-2-1-3-11(9)12(15)14-10-4-6-17(16)7-5-10/h9-11H,1-8,13H2,(H,14,15). The van der Waals surface area contributed by atoms with Gasteiger partial charge in [-0.3, -0.25) is 9.00 Å². The van der Waals surface area contributed by atoms with Crippen molar-refractivity contribution in [1.82, 2.24) is 5.32 Å². The Morgan fingerprint density at radius 1 is 1.24 bits per heavy atom. The summed E-state index contributed by atoms with van der Waals surface area (Å²) in [5.41, 5.74) is 5.69. The maximum absolute atomic E-state index is 12.1. The molecule has 1 saturated carbocycles. The van der Waals surface area contributed by atoms with Crippen LogP contribution in [0.5, 0.6) is 0 Å². The van der Waals surface area contributed by atoms with Crippen LogP contribution in [0.1, 0.15) is 32.1 Å². The molecule has 1 amide bonds. The Kier molecular flexibility index (Phi) is 4.56. The van der Waals surface area contributed by atoms with Crippen molar-refractivity contribution in [3.63, 3.8) is 0 Å². The minimum absolute atomic E-state index is 0.118. The van der Waals surface area contributed by atoms with Gasteiger partial charge in [-0.2, -0.15) is 0 Å². The molecule has 0 aromatic carbocycles. The molecule has 2 aliphatic rings. The molecule has 0 spiro atoms. The van der Waals surface area contributed by atoms with Crippen molar-refractivity contribution in [2.45, 2.75) is 38.1 Å². The van der Waals surface area contributed by atoms with Gasteiger partial charge in [-0.1, -0.05) is 6.42 Å². The second-order valence-corrected chi connectivity index (χ2v) is 6.86. The molecule has 1 aliphatic heterocycles. The second-order valence-electron chi connectivity index (χ2n) is 5.16. The van der Waals surface area contributed by atoms with Gasteiger partial charge in [0, 0.05) is 34.3 Å². The maximum Gasteiger partial charge on any atom is 0.223 e. The third-order valence-electron chi connectivity index (χ3n) is 4.03. The van der Waals surface area contributed by atoms with E-state index < -0.39 is 10.8 Å². The van der Waals surface area contributed by atoms with E-state index in [2.05, 4.69) is 5.32 Å². The minimum Gasteiger partial charge on any atom is -0.353 e. The number of nitrogens with two attached hydrogens (primary N) is 1. The lowest BCUT2D eigenvalue weighted by molar-refractivity contribution is -0.126. The molecule has 1 aliphatic carbocycles. The molecule has 98 valence electrons. The minimum atomic E-state index is -0.658. The SMILES string of the molecule is NCC1CCCC1C(=O)NC1CCS(=O)CC1. The summed E-state index contributed by atoms with van der Waals surface area (Å²) in [5.74, 6) is 2.13. The number of hydrogen-bond acceptors (Lipinski definition) is 3. The first-order valence-corrected chi connectivity index (χ1v) is 8.05. The summed E-state index contributed by atoms with van der Waals surface area (Å²) in [6.07, 6.45) is 4.90. The number of nitrogens with one attached hydrogen (secondary N) is 1. The predicted molar refractivity (Wildman–Crippen MR) is 68.9 cm³/mol. The molecule has 2 atom stereocenters. The molecular weight excluding hydrogens is 236 g/mol. The molecule has 4 nitrogen and oxygen atoms in total. The molecule has 17 heavy (non-hydrogen) atoms. The molecule has 0 bridgehead atoms. The van der Waals surface area contributed by atoms with Crippen molar-refractivity contribution in [2.24, 2.45) is 17.6 Å². The Morgan fingerprint density at radius 3 is 2.59 bits per heavy atom. The van der Waals surface area contributed by atoms with E-state index in [1.807, 2.05) is 0 Å². The number of carbonyl (C=O) groups excluding carboxylic acids is 1. The fourth-order valence-corrected chi connectivity index (χ4v) is 4.21. The van der Waals surface area contributed by atoms with Crippen molar-refractivity contribution in [1.29, 1.82) is 0 Å². The van der Waals surface area contributed by atoms with Crippen LogP contribution in [0.3, 0.4) is 0 Å². The van der Waals surface area contributed by atoms with Gasteiger partial charge in [0.15, 0.2) is 0 Å². The summed E-state index contributed by atoms with van der Waals surface area (Å²) in [6.45, 7) is 0.618. The Morgan fingerprint density at radius 2 is 1.94 bits per heavy atom. The molecule has 2 unspecified atom stereocenters. The first-order valence-electron chi connectivity index (χ1n) is 6.56. The molecule has 1 heterocycles. The van der Waals surface area contributed by atoms with Gasteiger partial charge in [0.2, 0.25) is 5.91 Å². The third kappa shape index (κ3) is 3.28. The fourth-order valence-electron chi connectivity index (χ4n) is 2.91. The van der Waals surface area contributed by atoms with Crippen LogP contribution >= 0.6 is 0 Å². The molecule has 2 rings (SSSR count). The zero-order valence-corrected chi connectivity index (χ0v) is 11.0. The maximum atomic E-state index is 12.1. The Labute approximate surface area is 105 Å². The van der Waals surface area contributed by atoms with Crippen LogP contribution in [0, 0.1) is 11.8 Å². The molecule has 2 fully saturated rings. The highest BCUT2D eigenvalue weighted by Crippen LogP contribution is 2.31. The van der Waals surface area contributed by atoms with Crippen LogP contribution in [0.4, 0.5) is 0 Å². The summed E-state index contributed by atoms with van der Waals surface area (Å²) in [4.78, 5) is 12.1. The lowest BCUT2D eigenvalue weighted by Gasteiger charge is -2.25. The number of carbonyl (C=O) groups is 1. The lowest BCUT2D eigenvalue weighted by Crippen LogP contribution is -2.43. The molecular formula is C12H22N2O2S. The zero-order chi connectivity index (χ0) is 12.3. The van der Waals surface area contributed by atoms with Gasteiger partial charge in [0.25, 0.3) is 0 Å². The predicted octanol–water partition coefficient (Wildman–Crippen LogP) is 0.389. The number of rotatable bonds is 3. The first kappa shape index (κ1) is 13.0. The van der Waals surface area contributed by atoms with Gasteiger partial charge in [-0.25, -0.2) is 0 Å². The van der Waals surface area contributed by atoms with Crippen LogP contribution in [-0.2, 0) is 15.6 Å². The van der Waals surface area contributed by atoms with E-state index in [1.54, 1.807) is 0 Å². The first-order chi connectivity index (χ1) is 8.20. The van der Waals surface area contributed by atoms with E-state index in [9.17, 15) is 9.00 Å². The largest absolute Gasteiger partial charge is 0.353 e. The van der Waals surface area contributed by atoms with Crippen molar-refractivity contribution >= 4 is 16.7 Å². The Bertz CT molecular complexity index is 299. The van der Waals surface area contributed by atoms with Crippen LogP contribution < -0.4 is 11.1 Å². The highest BCUT2D eigenvalue weighted by atomic mass is 32.2. The Balaban J connectivity index is 1.82. The molecule has 1 saturated heterocycles. The average Bonchev–Trinajstić information content (AvgIpc) is 2.80. The monoisotopic (exact) mass is 258 g/mol. The summed E-state index contributed by atoms with van der Waals surface area (Å²) in [7, 11) is -0.658. The molecule has 0 aromatic heterocycles. The van der Waals surface area contributed by atoms with Gasteiger partial charge in [0.05, 0.1) is 0 Å². The quantitative estimate of drug-likeness (QED) is 0.769. The molecule has 0 radical (unpaired) electrons. The van der Waals surface area contributed by atoms with Gasteiger partial charge >= 0.3 is 0 Å². The van der Waals surface area contributed by atoms with E-state index in [4.69, 9.17) is 5.73 Å². The van der Waals surface area contributed by atoms with Gasteiger partial charge in [0.1, 0.15) is 0 Å². The van der Waals surface area contributed by atoms with Gasteiger partial charge < -0.3 is 11.1 Å². The van der Waals surface area contributed by atoms with E-state index in [0.29, 0.717) is 12.5 Å². The normalized spacial score (nSPS) is 37.9.